The van der Waals surface area contributed by atoms with Crippen LogP contribution in [0.2, 0.25) is 0 Å². The maximum Gasteiger partial charge on any atom is 0.329 e. The Bertz CT molecular complexity index is 1460. The van der Waals surface area contributed by atoms with Crippen molar-refractivity contribution < 1.29 is 14.4 Å². The molecule has 168 valence electrons. The number of nitrogens with zero attached hydrogens (tertiary/aromatic N) is 2. The van der Waals surface area contributed by atoms with Crippen LogP contribution in [0.3, 0.4) is 0 Å². The molecule has 0 bridgehead atoms. The van der Waals surface area contributed by atoms with E-state index in [0.717, 1.165) is 31.5 Å². The van der Waals surface area contributed by atoms with Crippen molar-refractivity contribution in [1.82, 2.24) is 14.8 Å². The first kappa shape index (κ1) is 21.7. The maximum atomic E-state index is 12.9. The van der Waals surface area contributed by atoms with Crippen molar-refractivity contribution in [3.63, 3.8) is 0 Å². The van der Waals surface area contributed by atoms with E-state index < -0.39 is 17.8 Å². The number of hydrogen-bond acceptors (Lipinski definition) is 3. The van der Waals surface area contributed by atoms with Crippen molar-refractivity contribution >= 4 is 56.3 Å². The fraction of sp³-hybridized carbons (Fsp3) is 0.0385. The molecule has 34 heavy (non-hydrogen) atoms. The van der Waals surface area contributed by atoms with Crippen LogP contribution < -0.4 is 10.6 Å². The minimum atomic E-state index is -0.633. The lowest BCUT2D eigenvalue weighted by atomic mass is 10.1. The first-order chi connectivity index (χ1) is 16.5. The van der Waals surface area contributed by atoms with E-state index in [9.17, 15) is 14.4 Å². The summed E-state index contributed by atoms with van der Waals surface area (Å²) in [7, 11) is 0. The summed E-state index contributed by atoms with van der Waals surface area (Å²) >= 11 is 3.33. The monoisotopic (exact) mass is 514 g/mol. The number of benzene rings is 3. The normalized spacial score (nSPS) is 14.6. The van der Waals surface area contributed by atoms with Gasteiger partial charge in [0.25, 0.3) is 5.91 Å². The van der Waals surface area contributed by atoms with Crippen LogP contribution in [0.15, 0.2) is 95.2 Å². The maximum absolute atomic E-state index is 12.9. The van der Waals surface area contributed by atoms with Crippen LogP contribution in [-0.4, -0.2) is 33.9 Å². The van der Waals surface area contributed by atoms with Crippen LogP contribution in [0, 0.1) is 0 Å². The van der Waals surface area contributed by atoms with Gasteiger partial charge >= 0.3 is 6.03 Å². The summed E-state index contributed by atoms with van der Waals surface area (Å²) < 4.78 is 2.81. The van der Waals surface area contributed by atoms with Crippen LogP contribution in [0.4, 0.5) is 10.5 Å². The molecule has 0 unspecified atom stereocenters. The number of rotatable bonds is 5. The first-order valence-corrected chi connectivity index (χ1v) is 11.3. The minimum absolute atomic E-state index is 0.113. The predicted octanol–water partition coefficient (Wildman–Crippen LogP) is 4.92. The average molecular weight is 515 g/mol. The number of aromatic nitrogens is 1. The number of hydrogen-bond donors (Lipinski definition) is 2. The fourth-order valence-electron chi connectivity index (χ4n) is 3.81. The van der Waals surface area contributed by atoms with Crippen molar-refractivity contribution in [2.45, 2.75) is 0 Å². The molecule has 0 aliphatic carbocycles. The van der Waals surface area contributed by atoms with E-state index in [0.29, 0.717) is 5.69 Å². The number of amides is 4. The Morgan fingerprint density at radius 2 is 1.71 bits per heavy atom. The van der Waals surface area contributed by atoms with Crippen molar-refractivity contribution in [3.8, 4) is 5.69 Å². The highest BCUT2D eigenvalue weighted by atomic mass is 79.9. The van der Waals surface area contributed by atoms with Gasteiger partial charge in [0.1, 0.15) is 12.2 Å². The van der Waals surface area contributed by atoms with Crippen LogP contribution in [0.5, 0.6) is 0 Å². The zero-order chi connectivity index (χ0) is 23.7. The third kappa shape index (κ3) is 4.35. The zero-order valence-corrected chi connectivity index (χ0v) is 19.5. The summed E-state index contributed by atoms with van der Waals surface area (Å²) in [6.07, 6.45) is 3.50. The molecule has 0 radical (unpaired) electrons. The van der Waals surface area contributed by atoms with Gasteiger partial charge in [-0.2, -0.15) is 0 Å². The van der Waals surface area contributed by atoms with Crippen LogP contribution in [-0.2, 0) is 9.59 Å². The van der Waals surface area contributed by atoms with E-state index in [2.05, 4.69) is 32.6 Å². The molecular weight excluding hydrogens is 496 g/mol. The van der Waals surface area contributed by atoms with Gasteiger partial charge in [-0.1, -0.05) is 46.3 Å². The Morgan fingerprint density at radius 3 is 2.50 bits per heavy atom. The number of nitrogens with one attached hydrogen (secondary N) is 2. The molecule has 1 aliphatic rings. The molecule has 2 heterocycles. The van der Waals surface area contributed by atoms with Gasteiger partial charge in [0.2, 0.25) is 5.91 Å². The van der Waals surface area contributed by atoms with E-state index in [4.69, 9.17) is 0 Å². The lowest BCUT2D eigenvalue weighted by Crippen LogP contribution is -2.38. The van der Waals surface area contributed by atoms with E-state index in [1.807, 2.05) is 59.3 Å². The minimum Gasteiger partial charge on any atom is -0.325 e. The van der Waals surface area contributed by atoms with Gasteiger partial charge in [0, 0.05) is 27.7 Å². The number of anilines is 1. The lowest BCUT2D eigenvalue weighted by Gasteiger charge is -2.12. The second-order valence-corrected chi connectivity index (χ2v) is 8.68. The SMILES string of the molecule is O=C(CN1C(=O)N/C(=C\c2cccn2-c2ccc3ccccc3c2)C1=O)Nc1ccc(Br)cc1. The smallest absolute Gasteiger partial charge is 0.325 e. The number of carbonyl (C=O) groups is 3. The van der Waals surface area contributed by atoms with Crippen molar-refractivity contribution in [1.29, 1.82) is 0 Å². The summed E-state index contributed by atoms with van der Waals surface area (Å²) in [6, 6.07) is 24.3. The van der Waals surface area contributed by atoms with Crippen LogP contribution >= 0.6 is 15.9 Å². The van der Waals surface area contributed by atoms with Gasteiger partial charge in [-0.25, -0.2) is 9.69 Å². The van der Waals surface area contributed by atoms with E-state index in [-0.39, 0.29) is 12.2 Å². The Balaban J connectivity index is 1.34. The molecule has 8 heteroatoms. The third-order valence-corrected chi connectivity index (χ3v) is 6.00. The van der Waals surface area contributed by atoms with Crippen LogP contribution in [0.1, 0.15) is 5.69 Å². The summed E-state index contributed by atoms with van der Waals surface area (Å²) in [4.78, 5) is 38.6. The molecule has 4 amide bonds. The molecule has 4 aromatic rings. The number of halogens is 1. The lowest BCUT2D eigenvalue weighted by molar-refractivity contribution is -0.127. The van der Waals surface area contributed by atoms with Crippen molar-refractivity contribution in [2.24, 2.45) is 0 Å². The molecule has 7 nitrogen and oxygen atoms in total. The topological polar surface area (TPSA) is 83.4 Å². The van der Waals surface area contributed by atoms with Crippen molar-refractivity contribution in [2.75, 3.05) is 11.9 Å². The largest absolute Gasteiger partial charge is 0.329 e. The quantitative estimate of drug-likeness (QED) is 0.292. The van der Waals surface area contributed by atoms with Gasteiger partial charge in [-0.05, 0) is 65.4 Å². The van der Waals surface area contributed by atoms with E-state index >= 15 is 0 Å². The first-order valence-electron chi connectivity index (χ1n) is 10.5. The number of carbonyl (C=O) groups excluding carboxylic acids is 3. The summed E-state index contributed by atoms with van der Waals surface area (Å²) in [5, 5.41) is 7.49. The predicted molar refractivity (Wildman–Crippen MR) is 134 cm³/mol. The number of urea groups is 1. The fourth-order valence-corrected chi connectivity index (χ4v) is 4.08. The molecule has 0 atom stereocenters. The molecule has 2 N–H and O–H groups in total. The molecule has 3 aromatic carbocycles. The highest BCUT2D eigenvalue weighted by Gasteiger charge is 2.35. The Kier molecular flexibility index (Phi) is 5.73. The highest BCUT2D eigenvalue weighted by Crippen LogP contribution is 2.22. The highest BCUT2D eigenvalue weighted by molar-refractivity contribution is 9.10. The van der Waals surface area contributed by atoms with E-state index in [1.54, 1.807) is 30.3 Å². The second kappa shape index (κ2) is 8.99. The average Bonchev–Trinajstić information content (AvgIpc) is 3.40. The van der Waals surface area contributed by atoms with E-state index in [1.165, 1.54) is 0 Å². The van der Waals surface area contributed by atoms with Gasteiger partial charge < -0.3 is 15.2 Å². The Labute approximate surface area is 203 Å². The Hall–Kier alpha value is -4.17. The number of fused-ring (bicyclic) bond motifs is 1. The molecule has 0 spiro atoms. The molecular formula is C26H19BrN4O3. The van der Waals surface area contributed by atoms with Gasteiger partial charge in [-0.15, -0.1) is 0 Å². The van der Waals surface area contributed by atoms with Crippen LogP contribution in [0.25, 0.3) is 22.5 Å². The molecule has 1 aliphatic heterocycles. The summed E-state index contributed by atoms with van der Waals surface area (Å²) in [5.74, 6) is -1.02. The number of imide groups is 1. The van der Waals surface area contributed by atoms with Gasteiger partial charge in [-0.3, -0.25) is 9.59 Å². The molecule has 5 rings (SSSR count). The zero-order valence-electron chi connectivity index (χ0n) is 17.9. The molecule has 1 saturated heterocycles. The summed E-state index contributed by atoms with van der Waals surface area (Å²) in [5.41, 5.74) is 2.34. The Morgan fingerprint density at radius 1 is 0.941 bits per heavy atom. The molecule has 0 saturated carbocycles. The van der Waals surface area contributed by atoms with Crippen molar-refractivity contribution in [3.05, 3.63) is 101 Å². The molecule has 1 fully saturated rings. The second-order valence-electron chi connectivity index (χ2n) is 7.77. The standard InChI is InChI=1S/C26H19BrN4O3/c27-19-8-10-20(11-9-19)28-24(32)16-31-25(33)23(29-26(31)34)15-21-6-3-13-30(21)22-12-7-17-4-1-2-5-18(17)14-22/h1-15H,16H2,(H,28,32)(H,29,34)/b23-15-. The molecule has 1 aromatic heterocycles. The van der Waals surface area contributed by atoms with Gasteiger partial charge in [0.15, 0.2) is 0 Å². The van der Waals surface area contributed by atoms with Gasteiger partial charge in [0.05, 0.1) is 0 Å². The summed E-state index contributed by atoms with van der Waals surface area (Å²) in [6.45, 7) is -0.385. The third-order valence-electron chi connectivity index (χ3n) is 5.48.